The fourth-order valence-electron chi connectivity index (χ4n) is 3.38. The molecule has 1 aliphatic rings. The van der Waals surface area contributed by atoms with Gasteiger partial charge in [-0.1, -0.05) is 6.07 Å². The van der Waals surface area contributed by atoms with Gasteiger partial charge in [-0.05, 0) is 56.7 Å². The molecule has 0 amide bonds. The van der Waals surface area contributed by atoms with Crippen LogP contribution in [0.3, 0.4) is 0 Å². The Bertz CT molecular complexity index is 649. The van der Waals surface area contributed by atoms with Crippen LogP contribution in [0.1, 0.15) is 48.6 Å². The maximum absolute atomic E-state index is 12.7. The number of benzene rings is 1. The molecule has 1 fully saturated rings. The molecule has 21 heavy (non-hydrogen) atoms. The average Bonchev–Trinajstić information content (AvgIpc) is 2.82. The largest absolute Gasteiger partial charge is 0.391 e. The zero-order valence-corrected chi connectivity index (χ0v) is 12.2. The van der Waals surface area contributed by atoms with Gasteiger partial charge in [-0.2, -0.15) is 13.2 Å². The summed E-state index contributed by atoms with van der Waals surface area (Å²) in [6, 6.07) is 4.12. The first-order valence-corrected chi connectivity index (χ1v) is 7.38. The normalized spacial score (nSPS) is 23.7. The minimum absolute atomic E-state index is 0.121. The molecule has 1 saturated carbocycles. The molecule has 0 atom stereocenters. The van der Waals surface area contributed by atoms with Crippen molar-refractivity contribution in [3.63, 3.8) is 0 Å². The highest BCUT2D eigenvalue weighted by molar-refractivity contribution is 5.79. The van der Waals surface area contributed by atoms with Gasteiger partial charge >= 0.3 is 6.18 Å². The van der Waals surface area contributed by atoms with Gasteiger partial charge in [-0.3, -0.25) is 0 Å². The van der Waals surface area contributed by atoms with Crippen LogP contribution in [-0.4, -0.2) is 16.1 Å². The summed E-state index contributed by atoms with van der Waals surface area (Å²) in [6.07, 6.45) is -2.51. The van der Waals surface area contributed by atoms with E-state index in [0.29, 0.717) is 12.8 Å². The number of hydrogen-bond donors (Lipinski definition) is 1. The molecule has 2 nitrogen and oxygen atoms in total. The highest BCUT2D eigenvalue weighted by Crippen LogP contribution is 2.42. The summed E-state index contributed by atoms with van der Waals surface area (Å²) in [6.45, 7) is 4.04. The highest BCUT2D eigenvalue weighted by Gasteiger charge is 2.41. The number of alkyl halides is 3. The van der Waals surface area contributed by atoms with Crippen molar-refractivity contribution in [2.24, 2.45) is 5.92 Å². The van der Waals surface area contributed by atoms with Crippen molar-refractivity contribution in [3.8, 4) is 0 Å². The first kappa shape index (κ1) is 14.4. The Morgan fingerprint density at radius 1 is 1.10 bits per heavy atom. The minimum Gasteiger partial charge on any atom is -0.342 e. The van der Waals surface area contributed by atoms with Crippen LogP contribution in [0.4, 0.5) is 13.2 Å². The smallest absolute Gasteiger partial charge is 0.342 e. The number of nitrogens with one attached hydrogen (secondary N) is 1. The fourth-order valence-corrected chi connectivity index (χ4v) is 3.38. The molecule has 114 valence electrons. The molecule has 0 unspecified atom stereocenters. The predicted octanol–water partition coefficient (Wildman–Crippen LogP) is 5.02. The number of aromatic nitrogens is 2. The van der Waals surface area contributed by atoms with Crippen LogP contribution in [0, 0.1) is 19.8 Å². The van der Waals surface area contributed by atoms with E-state index in [4.69, 9.17) is 0 Å². The Balaban J connectivity index is 1.81. The molecule has 1 aromatic carbocycles. The minimum atomic E-state index is -4.05. The van der Waals surface area contributed by atoms with E-state index >= 15 is 0 Å². The number of nitrogens with zero attached hydrogens (tertiary/aromatic N) is 1. The van der Waals surface area contributed by atoms with Crippen molar-refractivity contribution >= 4 is 11.0 Å². The molecule has 0 radical (unpaired) electrons. The van der Waals surface area contributed by atoms with Crippen molar-refractivity contribution in [2.45, 2.75) is 51.6 Å². The zero-order valence-electron chi connectivity index (χ0n) is 12.2. The standard InChI is InChI=1S/C16H19F3N2/c1-9-7-10(2)14-13(8-9)20-15(21-14)11-3-5-12(6-4-11)16(17,18)19/h7-8,11-12H,3-6H2,1-2H3,(H,20,21). The van der Waals surface area contributed by atoms with Crippen LogP contribution in [0.5, 0.6) is 0 Å². The average molecular weight is 296 g/mol. The Kier molecular flexibility index (Phi) is 3.46. The number of aryl methyl sites for hydroxylation is 2. The molecule has 0 bridgehead atoms. The van der Waals surface area contributed by atoms with Crippen LogP contribution in [-0.2, 0) is 0 Å². The molecule has 1 aliphatic carbocycles. The summed E-state index contributed by atoms with van der Waals surface area (Å²) >= 11 is 0. The zero-order chi connectivity index (χ0) is 15.2. The number of hydrogen-bond acceptors (Lipinski definition) is 1. The first-order chi connectivity index (χ1) is 9.84. The third-order valence-electron chi connectivity index (χ3n) is 4.52. The van der Waals surface area contributed by atoms with Gasteiger partial charge < -0.3 is 4.98 Å². The summed E-state index contributed by atoms with van der Waals surface area (Å²) < 4.78 is 38.1. The maximum Gasteiger partial charge on any atom is 0.391 e. The van der Waals surface area contributed by atoms with Crippen LogP contribution in [0.25, 0.3) is 11.0 Å². The van der Waals surface area contributed by atoms with E-state index in [9.17, 15) is 13.2 Å². The van der Waals surface area contributed by atoms with E-state index in [1.165, 1.54) is 0 Å². The van der Waals surface area contributed by atoms with Gasteiger partial charge in [-0.15, -0.1) is 0 Å². The molecule has 0 aliphatic heterocycles. The van der Waals surface area contributed by atoms with Crippen LogP contribution in [0.2, 0.25) is 0 Å². The summed E-state index contributed by atoms with van der Waals surface area (Å²) in [5.41, 5.74) is 4.20. The number of H-pyrrole nitrogens is 1. The van der Waals surface area contributed by atoms with Crippen LogP contribution < -0.4 is 0 Å². The van der Waals surface area contributed by atoms with Crippen molar-refractivity contribution < 1.29 is 13.2 Å². The lowest BCUT2D eigenvalue weighted by atomic mass is 9.81. The van der Waals surface area contributed by atoms with Gasteiger partial charge in [0.15, 0.2) is 0 Å². The van der Waals surface area contributed by atoms with E-state index in [1.54, 1.807) is 0 Å². The Morgan fingerprint density at radius 2 is 1.76 bits per heavy atom. The molecule has 1 N–H and O–H groups in total. The lowest BCUT2D eigenvalue weighted by molar-refractivity contribution is -0.182. The topological polar surface area (TPSA) is 28.7 Å². The number of aromatic amines is 1. The number of halogens is 3. The molecule has 0 spiro atoms. The summed E-state index contributed by atoms with van der Waals surface area (Å²) in [4.78, 5) is 7.94. The second kappa shape index (κ2) is 5.04. The number of rotatable bonds is 1. The molecule has 1 heterocycles. The van der Waals surface area contributed by atoms with Crippen molar-refractivity contribution in [1.29, 1.82) is 0 Å². The monoisotopic (exact) mass is 296 g/mol. The Labute approximate surface area is 121 Å². The van der Waals surface area contributed by atoms with E-state index in [1.807, 2.05) is 19.9 Å². The van der Waals surface area contributed by atoms with E-state index in [2.05, 4.69) is 16.0 Å². The van der Waals surface area contributed by atoms with Gasteiger partial charge in [0.25, 0.3) is 0 Å². The third-order valence-corrected chi connectivity index (χ3v) is 4.52. The molecular weight excluding hydrogens is 277 g/mol. The van der Waals surface area contributed by atoms with Crippen LogP contribution in [0.15, 0.2) is 12.1 Å². The van der Waals surface area contributed by atoms with Crippen molar-refractivity contribution in [1.82, 2.24) is 9.97 Å². The van der Waals surface area contributed by atoms with E-state index < -0.39 is 12.1 Å². The second-order valence-corrected chi connectivity index (χ2v) is 6.19. The quantitative estimate of drug-likeness (QED) is 0.786. The Morgan fingerprint density at radius 3 is 2.38 bits per heavy atom. The summed E-state index contributed by atoms with van der Waals surface area (Å²) in [5, 5.41) is 0. The van der Waals surface area contributed by atoms with Gasteiger partial charge in [0.05, 0.1) is 17.0 Å². The van der Waals surface area contributed by atoms with E-state index in [-0.39, 0.29) is 18.8 Å². The molecule has 2 aromatic rings. The van der Waals surface area contributed by atoms with Gasteiger partial charge in [0.1, 0.15) is 5.82 Å². The lowest BCUT2D eigenvalue weighted by Crippen LogP contribution is -2.27. The molecule has 5 heteroatoms. The Hall–Kier alpha value is -1.52. The first-order valence-electron chi connectivity index (χ1n) is 7.38. The second-order valence-electron chi connectivity index (χ2n) is 6.19. The van der Waals surface area contributed by atoms with Gasteiger partial charge in [0, 0.05) is 5.92 Å². The molecule has 3 rings (SSSR count). The van der Waals surface area contributed by atoms with Crippen molar-refractivity contribution in [3.05, 3.63) is 29.1 Å². The number of imidazole rings is 1. The third kappa shape index (κ3) is 2.78. The van der Waals surface area contributed by atoms with Crippen LogP contribution >= 0.6 is 0 Å². The fraction of sp³-hybridized carbons (Fsp3) is 0.562. The highest BCUT2D eigenvalue weighted by atomic mass is 19.4. The predicted molar refractivity (Wildman–Crippen MR) is 76.3 cm³/mol. The molecule has 1 aromatic heterocycles. The number of fused-ring (bicyclic) bond motifs is 1. The lowest BCUT2D eigenvalue weighted by Gasteiger charge is -2.28. The van der Waals surface area contributed by atoms with E-state index in [0.717, 1.165) is 28.0 Å². The van der Waals surface area contributed by atoms with Crippen molar-refractivity contribution in [2.75, 3.05) is 0 Å². The maximum atomic E-state index is 12.7. The SMILES string of the molecule is Cc1cc(C)c2nc(C3CCC(C(F)(F)F)CC3)[nH]c2c1. The van der Waals surface area contributed by atoms with Gasteiger partial charge in [0.2, 0.25) is 0 Å². The molecular formula is C16H19F3N2. The summed E-state index contributed by atoms with van der Waals surface area (Å²) in [7, 11) is 0. The summed E-state index contributed by atoms with van der Waals surface area (Å²) in [5.74, 6) is -0.169. The van der Waals surface area contributed by atoms with Gasteiger partial charge in [-0.25, -0.2) is 4.98 Å². The molecule has 0 saturated heterocycles.